The van der Waals surface area contributed by atoms with Crippen LogP contribution in [0.5, 0.6) is 0 Å². The molecule has 0 N–H and O–H groups in total. The van der Waals surface area contributed by atoms with Gasteiger partial charge >= 0.3 is 0 Å². The minimum atomic E-state index is -3.25. The van der Waals surface area contributed by atoms with Crippen LogP contribution in [0.4, 0.5) is 0 Å². The largest absolute Gasteiger partial charge is 0.309 e. The molecule has 0 spiro atoms. The predicted octanol–water partition coefficient (Wildman–Crippen LogP) is 10.5. The Morgan fingerprint density at radius 3 is 0.969 bits per heavy atom. The van der Waals surface area contributed by atoms with Crippen molar-refractivity contribution in [3.05, 3.63) is 231 Å². The molecule has 13 rings (SSSR count). The Hall–Kier alpha value is -8.39. The molecule has 6 nitrogen and oxygen atoms in total. The summed E-state index contributed by atoms with van der Waals surface area (Å²) in [4.78, 5) is 17.1. The number of hydrogen-bond donors (Lipinski definition) is 0. The summed E-state index contributed by atoms with van der Waals surface area (Å²) in [6.07, 6.45) is 0. The van der Waals surface area contributed by atoms with E-state index >= 15 is 0 Å². The molecule has 9 aromatic carbocycles. The van der Waals surface area contributed by atoms with E-state index in [-0.39, 0.29) is 0 Å². The van der Waals surface area contributed by atoms with Gasteiger partial charge in [0.15, 0.2) is 0 Å². The molecule has 4 aromatic heterocycles. The van der Waals surface area contributed by atoms with Crippen LogP contribution < -0.4 is 21.0 Å². The lowest BCUT2D eigenvalue weighted by Crippen LogP contribution is -2.76. The summed E-state index contributed by atoms with van der Waals surface area (Å²) in [7, 11) is -3.25. The molecule has 0 aliphatic heterocycles. The van der Waals surface area contributed by atoms with Gasteiger partial charge in [-0.2, -0.15) is 4.98 Å². The molecule has 0 fully saturated rings. The summed E-state index contributed by atoms with van der Waals surface area (Å²) in [5.41, 5.74) is 8.32. The van der Waals surface area contributed by atoms with Crippen LogP contribution in [-0.2, 0) is 0 Å². The summed E-state index contributed by atoms with van der Waals surface area (Å²) in [5.74, 6) is 1.14. The van der Waals surface area contributed by atoms with Crippen LogP contribution >= 0.6 is 0 Å². The molecule has 0 saturated heterocycles. The molecule has 300 valence electrons. The highest BCUT2D eigenvalue weighted by molar-refractivity contribution is 7.19. The van der Waals surface area contributed by atoms with Gasteiger partial charge in [-0.25, -0.2) is 9.97 Å². The third kappa shape index (κ3) is 5.28. The number of para-hydroxylation sites is 5. The molecule has 0 bridgehead atoms. The molecule has 64 heavy (non-hydrogen) atoms. The van der Waals surface area contributed by atoms with Crippen LogP contribution in [0, 0.1) is 0 Å². The summed E-state index contributed by atoms with van der Waals surface area (Å²) in [6, 6.07) is 82.6. The minimum Gasteiger partial charge on any atom is -0.309 e. The van der Waals surface area contributed by atoms with Crippen LogP contribution in [0.2, 0.25) is 0 Å². The number of nitrogens with zero attached hydrogens (tertiary/aromatic N) is 6. The van der Waals surface area contributed by atoms with Crippen molar-refractivity contribution in [1.82, 2.24) is 28.7 Å². The highest BCUT2D eigenvalue weighted by Gasteiger charge is 2.45. The maximum Gasteiger partial charge on any atom is 0.239 e. The van der Waals surface area contributed by atoms with Crippen LogP contribution in [0.1, 0.15) is 0 Å². The molecule has 0 saturated carbocycles. The number of aromatic nitrogens is 6. The Morgan fingerprint density at radius 1 is 0.266 bits per heavy atom. The van der Waals surface area contributed by atoms with Gasteiger partial charge in [0.25, 0.3) is 0 Å². The van der Waals surface area contributed by atoms with Crippen molar-refractivity contribution in [3.63, 3.8) is 0 Å². The summed E-state index contributed by atoms with van der Waals surface area (Å²) < 4.78 is 6.87. The summed E-state index contributed by atoms with van der Waals surface area (Å²) in [5, 5.41) is 10.6. The zero-order chi connectivity index (χ0) is 42.2. The second kappa shape index (κ2) is 14.3. The van der Waals surface area contributed by atoms with Crippen molar-refractivity contribution >= 4 is 94.5 Å². The lowest BCUT2D eigenvalue weighted by atomic mass is 10.1. The van der Waals surface area contributed by atoms with Crippen LogP contribution in [0.25, 0.3) is 83.0 Å². The molecule has 0 atom stereocenters. The van der Waals surface area contributed by atoms with Crippen molar-refractivity contribution in [2.24, 2.45) is 0 Å². The molecule has 7 heteroatoms. The fraction of sp³-hybridized carbons (Fsp3) is 0. The second-order valence-corrected chi connectivity index (χ2v) is 20.1. The first-order chi connectivity index (χ1) is 31.8. The Morgan fingerprint density at radius 2 is 0.578 bits per heavy atom. The number of hydrogen-bond acceptors (Lipinski definition) is 3. The maximum absolute atomic E-state index is 5.79. The SMILES string of the molecule is c1ccc([Si](c2ccccc2)(c2ccccc2)c2nc(-n3c4ccccc4c4ccccc43)nc(-n3c4ccccc4c4cc(-n5c6ccccc6c6ccccc65)ccc43)n2)cc1. The fourth-order valence-corrected chi connectivity index (χ4v) is 14.7. The van der Waals surface area contributed by atoms with E-state index in [9.17, 15) is 0 Å². The Labute approximate surface area is 369 Å². The summed E-state index contributed by atoms with van der Waals surface area (Å²) in [6.45, 7) is 0. The third-order valence-electron chi connectivity index (χ3n) is 13.0. The number of rotatable bonds is 7. The highest BCUT2D eigenvalue weighted by Crippen LogP contribution is 2.37. The van der Waals surface area contributed by atoms with Crippen LogP contribution in [0.3, 0.4) is 0 Å². The molecule has 13 aromatic rings. The van der Waals surface area contributed by atoms with Crippen molar-refractivity contribution in [3.8, 4) is 17.6 Å². The Kier molecular flexibility index (Phi) is 8.13. The van der Waals surface area contributed by atoms with E-state index in [1.54, 1.807) is 0 Å². The van der Waals surface area contributed by atoms with Gasteiger partial charge in [-0.1, -0.05) is 182 Å². The lowest BCUT2D eigenvalue weighted by Gasteiger charge is -2.32. The van der Waals surface area contributed by atoms with Gasteiger partial charge in [-0.15, -0.1) is 0 Å². The van der Waals surface area contributed by atoms with E-state index < -0.39 is 8.07 Å². The molecular weight excluding hydrogens is 797 g/mol. The standard InChI is InChI=1S/C57H38N6Si/c1-4-20-40(21-5-1)64(41-22-6-2-7-23-41,42-24-8-3-9-25-42)57-59-55(62-51-33-17-12-28-45(51)46-29-13-18-34-52(46)62)58-56(60-57)63-53-35-19-14-30-47(53)48-38-39(36-37-54(48)63)61-49-31-15-10-26-43(49)44-27-11-16-32-50(44)61/h1-38H. The normalized spacial score (nSPS) is 12.1. The number of fused-ring (bicyclic) bond motifs is 9. The molecular formula is C57H38N6Si. The number of benzene rings is 9. The van der Waals surface area contributed by atoms with E-state index in [4.69, 9.17) is 15.0 Å². The fourth-order valence-electron chi connectivity index (χ4n) is 10.3. The molecule has 0 aliphatic carbocycles. The average molecular weight is 835 g/mol. The quantitative estimate of drug-likeness (QED) is 0.119. The van der Waals surface area contributed by atoms with E-state index in [0.717, 1.165) is 54.7 Å². The first-order valence-corrected chi connectivity index (χ1v) is 23.7. The summed E-state index contributed by atoms with van der Waals surface area (Å²) >= 11 is 0. The molecule has 0 aliphatic rings. The first-order valence-electron chi connectivity index (χ1n) is 21.7. The van der Waals surface area contributed by atoms with Crippen LogP contribution in [-0.4, -0.2) is 36.7 Å². The molecule has 4 heterocycles. The van der Waals surface area contributed by atoms with Gasteiger partial charge < -0.3 is 4.57 Å². The van der Waals surface area contributed by atoms with E-state index in [1.807, 2.05) is 0 Å². The predicted molar refractivity (Wildman–Crippen MR) is 266 cm³/mol. The highest BCUT2D eigenvalue weighted by atomic mass is 28.3. The smallest absolute Gasteiger partial charge is 0.239 e. The minimum absolute atomic E-state index is 0.567. The molecule has 0 radical (unpaired) electrons. The van der Waals surface area contributed by atoms with E-state index in [0.29, 0.717) is 11.9 Å². The van der Waals surface area contributed by atoms with Crippen LogP contribution in [0.15, 0.2) is 231 Å². The lowest BCUT2D eigenvalue weighted by molar-refractivity contribution is 0.904. The second-order valence-electron chi connectivity index (χ2n) is 16.4. The van der Waals surface area contributed by atoms with E-state index in [1.165, 1.54) is 37.4 Å². The molecule has 0 unspecified atom stereocenters. The van der Waals surface area contributed by atoms with Crippen molar-refractivity contribution in [1.29, 1.82) is 0 Å². The monoisotopic (exact) mass is 834 g/mol. The maximum atomic E-state index is 5.79. The Balaban J connectivity index is 1.16. The van der Waals surface area contributed by atoms with Gasteiger partial charge in [0, 0.05) is 38.0 Å². The van der Waals surface area contributed by atoms with Crippen molar-refractivity contribution < 1.29 is 0 Å². The molecule has 0 amide bonds. The Bertz CT molecular complexity index is 3700. The van der Waals surface area contributed by atoms with Gasteiger partial charge in [0.05, 0.1) is 33.1 Å². The van der Waals surface area contributed by atoms with Gasteiger partial charge in [-0.05, 0) is 64.1 Å². The van der Waals surface area contributed by atoms with Gasteiger partial charge in [0.1, 0.15) is 5.45 Å². The zero-order valence-corrected chi connectivity index (χ0v) is 35.6. The van der Waals surface area contributed by atoms with Gasteiger partial charge in [-0.3, -0.25) is 9.13 Å². The van der Waals surface area contributed by atoms with Gasteiger partial charge in [0.2, 0.25) is 20.0 Å². The first kappa shape index (κ1) is 36.3. The third-order valence-corrected chi connectivity index (χ3v) is 17.5. The zero-order valence-electron chi connectivity index (χ0n) is 34.6. The average Bonchev–Trinajstić information content (AvgIpc) is 4.01. The topological polar surface area (TPSA) is 53.5 Å². The van der Waals surface area contributed by atoms with Crippen molar-refractivity contribution in [2.45, 2.75) is 0 Å². The van der Waals surface area contributed by atoms with E-state index in [2.05, 4.69) is 244 Å². The van der Waals surface area contributed by atoms with Crippen molar-refractivity contribution in [2.75, 3.05) is 0 Å².